The second-order valence-electron chi connectivity index (χ2n) is 6.16. The molecule has 2 atom stereocenters. The van der Waals surface area contributed by atoms with Crippen LogP contribution >= 0.6 is 0 Å². The van der Waals surface area contributed by atoms with Crippen molar-refractivity contribution in [1.82, 2.24) is 9.97 Å². The highest BCUT2D eigenvalue weighted by atomic mass is 14.6. The van der Waals surface area contributed by atoms with Gasteiger partial charge in [0.15, 0.2) is 0 Å². The van der Waals surface area contributed by atoms with Gasteiger partial charge in [0.25, 0.3) is 0 Å². The molecule has 3 rings (SSSR count). The van der Waals surface area contributed by atoms with Crippen LogP contribution in [0, 0.1) is 22.7 Å². The number of nitrogens with zero attached hydrogens (tertiary/aromatic N) is 4. The lowest BCUT2D eigenvalue weighted by atomic mass is 9.90. The molecule has 0 N–H and O–H groups in total. The third-order valence-corrected chi connectivity index (χ3v) is 4.36. The molecule has 0 bridgehead atoms. The molecule has 0 saturated heterocycles. The Morgan fingerprint density at radius 3 is 1.62 bits per heavy atom. The second kappa shape index (κ2) is 8.55. The molecule has 0 spiro atoms. The zero-order chi connectivity index (χ0) is 18.2. The number of aromatic nitrogens is 2. The molecule has 4 heteroatoms. The SMILES string of the molecule is N#CC(Cc1cccc(CC(C#N)c2cccnc2)c1)c1cccnc1. The van der Waals surface area contributed by atoms with Crippen LogP contribution in [-0.4, -0.2) is 9.97 Å². The maximum Gasteiger partial charge on any atom is 0.0767 e. The maximum absolute atomic E-state index is 9.51. The minimum Gasteiger partial charge on any atom is -0.264 e. The summed E-state index contributed by atoms with van der Waals surface area (Å²) in [5.74, 6) is -0.465. The predicted molar refractivity (Wildman–Crippen MR) is 99.0 cm³/mol. The number of pyridine rings is 2. The molecule has 0 aliphatic rings. The highest BCUT2D eigenvalue weighted by molar-refractivity contribution is 5.32. The largest absolute Gasteiger partial charge is 0.264 e. The van der Waals surface area contributed by atoms with Crippen LogP contribution in [0.4, 0.5) is 0 Å². The fourth-order valence-corrected chi connectivity index (χ4v) is 3.00. The van der Waals surface area contributed by atoms with Gasteiger partial charge in [0, 0.05) is 24.8 Å². The van der Waals surface area contributed by atoms with Crippen LogP contribution in [0.15, 0.2) is 73.3 Å². The molecule has 26 heavy (non-hydrogen) atoms. The number of hydrogen-bond acceptors (Lipinski definition) is 4. The first-order chi connectivity index (χ1) is 12.8. The Kier molecular flexibility index (Phi) is 5.70. The molecule has 0 fully saturated rings. The zero-order valence-corrected chi connectivity index (χ0v) is 14.3. The molecule has 2 aromatic heterocycles. The number of benzene rings is 1. The van der Waals surface area contributed by atoms with Crippen molar-refractivity contribution < 1.29 is 0 Å². The van der Waals surface area contributed by atoms with Crippen LogP contribution in [0.1, 0.15) is 34.1 Å². The Hall–Kier alpha value is -3.50. The van der Waals surface area contributed by atoms with E-state index in [0.717, 1.165) is 22.3 Å². The predicted octanol–water partition coefficient (Wildman–Crippen LogP) is 4.18. The molecule has 2 unspecified atom stereocenters. The summed E-state index contributed by atoms with van der Waals surface area (Å²) >= 11 is 0. The minimum absolute atomic E-state index is 0.232. The van der Waals surface area contributed by atoms with Crippen LogP contribution in [0.5, 0.6) is 0 Å². The van der Waals surface area contributed by atoms with Gasteiger partial charge in [-0.3, -0.25) is 9.97 Å². The summed E-state index contributed by atoms with van der Waals surface area (Å²) in [6.07, 6.45) is 8.15. The molecule has 0 saturated carbocycles. The Morgan fingerprint density at radius 2 is 1.23 bits per heavy atom. The lowest BCUT2D eigenvalue weighted by molar-refractivity contribution is 0.823. The van der Waals surface area contributed by atoms with Crippen LogP contribution in [0.2, 0.25) is 0 Å². The molecular weight excluding hydrogens is 320 g/mol. The van der Waals surface area contributed by atoms with Gasteiger partial charge >= 0.3 is 0 Å². The fourth-order valence-electron chi connectivity index (χ4n) is 3.00. The number of rotatable bonds is 6. The molecule has 3 aromatic rings. The molecule has 2 heterocycles. The van der Waals surface area contributed by atoms with Crippen LogP contribution in [-0.2, 0) is 12.8 Å². The first-order valence-corrected chi connectivity index (χ1v) is 8.47. The molecule has 0 aliphatic carbocycles. The summed E-state index contributed by atoms with van der Waals surface area (Å²) in [7, 11) is 0. The third kappa shape index (κ3) is 4.32. The topological polar surface area (TPSA) is 73.4 Å². The number of hydrogen-bond donors (Lipinski definition) is 0. The van der Waals surface area contributed by atoms with Gasteiger partial charge in [-0.15, -0.1) is 0 Å². The Balaban J connectivity index is 1.76. The molecule has 126 valence electrons. The van der Waals surface area contributed by atoms with E-state index < -0.39 is 0 Å². The van der Waals surface area contributed by atoms with Crippen molar-refractivity contribution >= 4 is 0 Å². The maximum atomic E-state index is 9.51. The van der Waals surface area contributed by atoms with Gasteiger partial charge in [-0.1, -0.05) is 36.4 Å². The van der Waals surface area contributed by atoms with Crippen molar-refractivity contribution in [3.8, 4) is 12.1 Å². The van der Waals surface area contributed by atoms with Crippen LogP contribution in [0.25, 0.3) is 0 Å². The van der Waals surface area contributed by atoms with Crippen molar-refractivity contribution in [3.63, 3.8) is 0 Å². The molecule has 0 amide bonds. The third-order valence-electron chi connectivity index (χ3n) is 4.36. The average Bonchev–Trinajstić information content (AvgIpc) is 2.72. The highest BCUT2D eigenvalue weighted by Crippen LogP contribution is 2.23. The highest BCUT2D eigenvalue weighted by Gasteiger charge is 2.14. The lowest BCUT2D eigenvalue weighted by Crippen LogP contribution is -2.04. The summed E-state index contributed by atoms with van der Waals surface area (Å²) in [5.41, 5.74) is 4.01. The van der Waals surface area contributed by atoms with Crippen molar-refractivity contribution in [3.05, 3.63) is 95.6 Å². The zero-order valence-electron chi connectivity index (χ0n) is 14.3. The van der Waals surface area contributed by atoms with Crippen LogP contribution in [0.3, 0.4) is 0 Å². The monoisotopic (exact) mass is 338 g/mol. The lowest BCUT2D eigenvalue weighted by Gasteiger charge is -2.12. The van der Waals surface area contributed by atoms with E-state index in [1.807, 2.05) is 42.5 Å². The van der Waals surface area contributed by atoms with Gasteiger partial charge in [0.05, 0.1) is 24.0 Å². The molecule has 4 nitrogen and oxygen atoms in total. The van der Waals surface area contributed by atoms with Crippen molar-refractivity contribution in [2.75, 3.05) is 0 Å². The number of nitriles is 2. The fraction of sp³-hybridized carbons (Fsp3) is 0.182. The normalized spacial score (nSPS) is 12.5. The van der Waals surface area contributed by atoms with E-state index in [1.165, 1.54) is 0 Å². The molecule has 1 aromatic carbocycles. The summed E-state index contributed by atoms with van der Waals surface area (Å²) in [4.78, 5) is 8.21. The van der Waals surface area contributed by atoms with E-state index in [4.69, 9.17) is 0 Å². The Bertz CT molecular complexity index is 849. The summed E-state index contributed by atoms with van der Waals surface area (Å²) in [6.45, 7) is 0. The van der Waals surface area contributed by atoms with Gasteiger partial charge in [0.1, 0.15) is 0 Å². The first kappa shape index (κ1) is 17.3. The van der Waals surface area contributed by atoms with Crippen LogP contribution < -0.4 is 0 Å². The summed E-state index contributed by atoms with van der Waals surface area (Å²) in [5, 5.41) is 19.0. The Morgan fingerprint density at radius 1 is 0.731 bits per heavy atom. The minimum atomic E-state index is -0.232. The van der Waals surface area contributed by atoms with E-state index in [1.54, 1.807) is 24.8 Å². The Labute approximate surface area is 153 Å². The summed E-state index contributed by atoms with van der Waals surface area (Å²) in [6, 6.07) is 20.4. The smallest absolute Gasteiger partial charge is 0.0767 e. The average molecular weight is 338 g/mol. The second-order valence-corrected chi connectivity index (χ2v) is 6.16. The standard InChI is InChI=1S/C22H18N4/c23-13-21(19-6-2-8-25-15-19)11-17-4-1-5-18(10-17)12-22(14-24)20-7-3-9-26-16-20/h1-10,15-16,21-22H,11-12H2. The van der Waals surface area contributed by atoms with E-state index in [9.17, 15) is 10.5 Å². The van der Waals surface area contributed by atoms with Gasteiger partial charge in [-0.05, 0) is 47.2 Å². The van der Waals surface area contributed by atoms with Gasteiger partial charge in [0.2, 0.25) is 0 Å². The van der Waals surface area contributed by atoms with Gasteiger partial charge in [-0.2, -0.15) is 10.5 Å². The van der Waals surface area contributed by atoms with E-state index in [2.05, 4.69) is 28.2 Å². The van der Waals surface area contributed by atoms with Gasteiger partial charge in [-0.25, -0.2) is 0 Å². The van der Waals surface area contributed by atoms with E-state index in [0.29, 0.717) is 12.8 Å². The first-order valence-electron chi connectivity index (χ1n) is 8.47. The van der Waals surface area contributed by atoms with E-state index in [-0.39, 0.29) is 11.8 Å². The quantitative estimate of drug-likeness (QED) is 0.676. The molecular formula is C22H18N4. The molecule has 0 radical (unpaired) electrons. The summed E-state index contributed by atoms with van der Waals surface area (Å²) < 4.78 is 0. The van der Waals surface area contributed by atoms with Crippen molar-refractivity contribution in [2.45, 2.75) is 24.7 Å². The van der Waals surface area contributed by atoms with Crippen molar-refractivity contribution in [2.24, 2.45) is 0 Å². The van der Waals surface area contributed by atoms with Gasteiger partial charge < -0.3 is 0 Å². The molecule has 0 aliphatic heterocycles. The van der Waals surface area contributed by atoms with Crippen molar-refractivity contribution in [1.29, 1.82) is 10.5 Å². The van der Waals surface area contributed by atoms with E-state index >= 15 is 0 Å².